The molecule has 3 nitrogen and oxygen atoms in total. The lowest BCUT2D eigenvalue weighted by molar-refractivity contribution is -0.144. The van der Waals surface area contributed by atoms with E-state index in [1.807, 2.05) is 0 Å². The van der Waals surface area contributed by atoms with Crippen molar-refractivity contribution in [2.24, 2.45) is 0 Å². The molecule has 1 heterocycles. The van der Waals surface area contributed by atoms with Crippen LogP contribution >= 0.6 is 0 Å². The lowest BCUT2D eigenvalue weighted by Crippen LogP contribution is -2.52. The van der Waals surface area contributed by atoms with Crippen LogP contribution in [0.25, 0.3) is 0 Å². The number of benzene rings is 1. The van der Waals surface area contributed by atoms with Crippen molar-refractivity contribution < 1.29 is 22.6 Å². The number of halogens is 3. The molecule has 0 amide bonds. The quantitative estimate of drug-likeness (QED) is 0.748. The summed E-state index contributed by atoms with van der Waals surface area (Å²) < 4.78 is 43.9. The SMILES string of the molecule is BOC(=O)C(c1ccc(F)cc1F)N1CC(F)C1. The first-order valence-corrected chi connectivity index (χ1v) is 5.44. The van der Waals surface area contributed by atoms with E-state index < -0.39 is 29.8 Å². The summed E-state index contributed by atoms with van der Waals surface area (Å²) in [4.78, 5) is 13.1. The van der Waals surface area contributed by atoms with Crippen LogP contribution in [-0.2, 0) is 9.45 Å². The zero-order valence-corrected chi connectivity index (χ0v) is 9.70. The zero-order chi connectivity index (χ0) is 13.3. The molecule has 0 aromatic heterocycles. The minimum Gasteiger partial charge on any atom is -0.542 e. The van der Waals surface area contributed by atoms with Crippen LogP contribution in [0.1, 0.15) is 11.6 Å². The van der Waals surface area contributed by atoms with Gasteiger partial charge in [0.15, 0.2) is 0 Å². The van der Waals surface area contributed by atoms with E-state index in [4.69, 9.17) is 0 Å². The largest absolute Gasteiger partial charge is 0.542 e. The summed E-state index contributed by atoms with van der Waals surface area (Å²) in [7, 11) is 1.17. The van der Waals surface area contributed by atoms with Crippen molar-refractivity contribution in [3.63, 3.8) is 0 Å². The Morgan fingerprint density at radius 3 is 2.61 bits per heavy atom. The van der Waals surface area contributed by atoms with Gasteiger partial charge in [0, 0.05) is 24.7 Å². The Balaban J connectivity index is 2.31. The van der Waals surface area contributed by atoms with E-state index in [0.29, 0.717) is 6.07 Å². The highest BCUT2D eigenvalue weighted by Crippen LogP contribution is 2.30. The Morgan fingerprint density at radius 2 is 2.11 bits per heavy atom. The molecule has 2 rings (SSSR count). The van der Waals surface area contributed by atoms with Crippen LogP contribution < -0.4 is 0 Å². The summed E-state index contributed by atoms with van der Waals surface area (Å²) in [6.07, 6.45) is -1.03. The number of hydrogen-bond acceptors (Lipinski definition) is 3. The molecule has 0 saturated carbocycles. The molecule has 1 aromatic carbocycles. The molecule has 1 saturated heterocycles. The maximum absolute atomic E-state index is 13.6. The lowest BCUT2D eigenvalue weighted by Gasteiger charge is -2.39. The molecule has 7 heteroatoms. The van der Waals surface area contributed by atoms with Gasteiger partial charge < -0.3 is 4.65 Å². The average Bonchev–Trinajstić information content (AvgIpc) is 2.29. The van der Waals surface area contributed by atoms with E-state index in [1.165, 1.54) is 19.0 Å². The molecule has 1 aliphatic rings. The second-order valence-electron chi connectivity index (χ2n) is 4.14. The highest BCUT2D eigenvalue weighted by atomic mass is 19.1. The molecule has 1 aliphatic heterocycles. The number of alkyl halides is 1. The highest BCUT2D eigenvalue weighted by molar-refractivity contribution is 6.06. The van der Waals surface area contributed by atoms with Crippen molar-refractivity contribution in [2.75, 3.05) is 13.1 Å². The summed E-state index contributed by atoms with van der Waals surface area (Å²) in [5.41, 5.74) is -0.00449. The smallest absolute Gasteiger partial charge is 0.326 e. The first-order chi connectivity index (χ1) is 8.52. The molecule has 96 valence electrons. The summed E-state index contributed by atoms with van der Waals surface area (Å²) in [5.74, 6) is -2.26. The van der Waals surface area contributed by atoms with Gasteiger partial charge in [-0.3, -0.25) is 9.69 Å². The van der Waals surface area contributed by atoms with Gasteiger partial charge in [0.1, 0.15) is 23.8 Å². The fourth-order valence-electron chi connectivity index (χ4n) is 1.97. The van der Waals surface area contributed by atoms with Gasteiger partial charge in [0.2, 0.25) is 0 Å². The Bertz CT molecular complexity index is 466. The third kappa shape index (κ3) is 2.36. The van der Waals surface area contributed by atoms with Gasteiger partial charge in [-0.1, -0.05) is 6.07 Å². The van der Waals surface area contributed by atoms with E-state index in [9.17, 15) is 18.0 Å². The lowest BCUT2D eigenvalue weighted by atomic mass is 10.00. The molecule has 1 fully saturated rings. The predicted octanol–water partition coefficient (Wildman–Crippen LogP) is 0.751. The van der Waals surface area contributed by atoms with E-state index >= 15 is 0 Å². The molecule has 0 spiro atoms. The van der Waals surface area contributed by atoms with Crippen LogP contribution in [0.5, 0.6) is 0 Å². The van der Waals surface area contributed by atoms with Crippen molar-refractivity contribution in [3.8, 4) is 0 Å². The van der Waals surface area contributed by atoms with E-state index in [-0.39, 0.29) is 18.7 Å². The van der Waals surface area contributed by atoms with Crippen molar-refractivity contribution in [3.05, 3.63) is 35.4 Å². The maximum Gasteiger partial charge on any atom is 0.326 e. The first kappa shape index (κ1) is 12.9. The van der Waals surface area contributed by atoms with Crippen molar-refractivity contribution in [2.45, 2.75) is 12.2 Å². The van der Waals surface area contributed by atoms with Gasteiger partial charge in [-0.2, -0.15) is 0 Å². The van der Waals surface area contributed by atoms with Gasteiger partial charge >= 0.3 is 14.0 Å². The molecule has 1 unspecified atom stereocenters. The van der Waals surface area contributed by atoms with Crippen LogP contribution in [0, 0.1) is 11.6 Å². The van der Waals surface area contributed by atoms with Crippen LogP contribution in [0.2, 0.25) is 0 Å². The Kier molecular flexibility index (Phi) is 3.61. The summed E-state index contributed by atoms with van der Waals surface area (Å²) in [6, 6.07) is 1.90. The maximum atomic E-state index is 13.6. The average molecular weight is 257 g/mol. The monoisotopic (exact) mass is 257 g/mol. The fraction of sp³-hybridized carbons (Fsp3) is 0.364. The van der Waals surface area contributed by atoms with Crippen LogP contribution in [0.3, 0.4) is 0 Å². The standard InChI is InChI=1S/C11H11BF3NO2/c12-18-11(17)10(16-4-7(14)5-16)8-2-1-6(13)3-9(8)15/h1-3,7,10H,4-5,12H2. The Morgan fingerprint density at radius 1 is 1.44 bits per heavy atom. The second kappa shape index (κ2) is 5.01. The number of likely N-dealkylation sites (tertiary alicyclic amines) is 1. The molecular formula is C11H11BF3NO2. The normalized spacial score (nSPS) is 18.2. The van der Waals surface area contributed by atoms with Gasteiger partial charge in [-0.15, -0.1) is 0 Å². The Hall–Kier alpha value is -1.50. The molecular weight excluding hydrogens is 246 g/mol. The van der Waals surface area contributed by atoms with E-state index in [0.717, 1.165) is 6.07 Å². The summed E-state index contributed by atoms with van der Waals surface area (Å²) in [5, 5.41) is 0. The number of hydrogen-bond donors (Lipinski definition) is 0. The molecule has 18 heavy (non-hydrogen) atoms. The minimum absolute atomic E-state index is 0.00449. The Labute approximate surface area is 103 Å². The molecule has 0 N–H and O–H groups in total. The van der Waals surface area contributed by atoms with Crippen LogP contribution in [0.15, 0.2) is 18.2 Å². The second-order valence-corrected chi connectivity index (χ2v) is 4.14. The van der Waals surface area contributed by atoms with Crippen LogP contribution in [-0.4, -0.2) is 38.2 Å². The summed E-state index contributed by atoms with van der Waals surface area (Å²) >= 11 is 0. The highest BCUT2D eigenvalue weighted by Gasteiger charge is 2.38. The third-order valence-corrected chi connectivity index (χ3v) is 2.91. The van der Waals surface area contributed by atoms with Crippen molar-refractivity contribution in [1.82, 2.24) is 4.90 Å². The molecule has 0 aliphatic carbocycles. The van der Waals surface area contributed by atoms with Crippen molar-refractivity contribution in [1.29, 1.82) is 0 Å². The fourth-order valence-corrected chi connectivity index (χ4v) is 1.97. The van der Waals surface area contributed by atoms with E-state index in [1.54, 1.807) is 0 Å². The molecule has 1 atom stereocenters. The van der Waals surface area contributed by atoms with Crippen molar-refractivity contribution >= 4 is 14.0 Å². The zero-order valence-electron chi connectivity index (χ0n) is 9.70. The summed E-state index contributed by atoms with van der Waals surface area (Å²) in [6.45, 7) is 0.0766. The van der Waals surface area contributed by atoms with E-state index in [2.05, 4.69) is 4.65 Å². The molecule has 1 aromatic rings. The van der Waals surface area contributed by atoms with Gasteiger partial charge in [0.25, 0.3) is 0 Å². The van der Waals surface area contributed by atoms with Gasteiger partial charge in [0.05, 0.1) is 0 Å². The first-order valence-electron chi connectivity index (χ1n) is 5.44. The number of carbonyl (C=O) groups is 1. The number of carbonyl (C=O) groups excluding carboxylic acids is 1. The van der Waals surface area contributed by atoms with Gasteiger partial charge in [-0.25, -0.2) is 13.2 Å². The predicted molar refractivity (Wildman–Crippen MR) is 60.2 cm³/mol. The van der Waals surface area contributed by atoms with Gasteiger partial charge in [-0.05, 0) is 6.07 Å². The number of nitrogens with zero attached hydrogens (tertiary/aromatic N) is 1. The molecule has 0 radical (unpaired) electrons. The number of rotatable bonds is 3. The molecule has 0 bridgehead atoms. The topological polar surface area (TPSA) is 29.5 Å². The third-order valence-electron chi connectivity index (χ3n) is 2.91. The van der Waals surface area contributed by atoms with Crippen LogP contribution in [0.4, 0.5) is 13.2 Å². The minimum atomic E-state index is -1.03.